The molecule has 1 aromatic carbocycles. The summed E-state index contributed by atoms with van der Waals surface area (Å²) in [5.41, 5.74) is 3.26. The highest BCUT2D eigenvalue weighted by molar-refractivity contribution is 14.0. The van der Waals surface area contributed by atoms with Crippen molar-refractivity contribution in [1.29, 1.82) is 0 Å². The lowest BCUT2D eigenvalue weighted by molar-refractivity contribution is 0.473. The van der Waals surface area contributed by atoms with Crippen molar-refractivity contribution < 1.29 is 8.42 Å². The van der Waals surface area contributed by atoms with Crippen molar-refractivity contribution in [3.05, 3.63) is 47.3 Å². The van der Waals surface area contributed by atoms with Gasteiger partial charge in [0.05, 0.1) is 10.6 Å². The van der Waals surface area contributed by atoms with Crippen molar-refractivity contribution in [2.45, 2.75) is 37.8 Å². The molecule has 0 unspecified atom stereocenters. The molecule has 0 radical (unpaired) electrons. The predicted molar refractivity (Wildman–Crippen MR) is 124 cm³/mol. The minimum Gasteiger partial charge on any atom is -0.352 e. The van der Waals surface area contributed by atoms with Gasteiger partial charge in [0.1, 0.15) is 0 Å². The van der Waals surface area contributed by atoms with Crippen molar-refractivity contribution in [2.24, 2.45) is 12.0 Å². The van der Waals surface area contributed by atoms with E-state index in [-0.39, 0.29) is 24.0 Å². The van der Waals surface area contributed by atoms with Gasteiger partial charge in [0.15, 0.2) is 15.8 Å². The highest BCUT2D eigenvalue weighted by Crippen LogP contribution is 2.18. The summed E-state index contributed by atoms with van der Waals surface area (Å²) in [4.78, 5) is 6.72. The molecule has 0 bridgehead atoms. The fourth-order valence-corrected chi connectivity index (χ4v) is 3.54. The Morgan fingerprint density at radius 2 is 1.89 bits per heavy atom. The molecular formula is C19H30IN5O2S. The molecule has 0 saturated carbocycles. The Morgan fingerprint density at radius 3 is 2.39 bits per heavy atom. The molecule has 0 saturated heterocycles. The SMILES string of the molecule is CN=C(NCc1ccc(S(C)(=O)=O)cc1)N(C)Cc1cn(C)nc1C(C)C.I. The van der Waals surface area contributed by atoms with E-state index in [1.54, 1.807) is 19.2 Å². The number of sulfone groups is 1. The van der Waals surface area contributed by atoms with Crippen molar-refractivity contribution in [1.82, 2.24) is 20.0 Å². The van der Waals surface area contributed by atoms with Crippen molar-refractivity contribution in [2.75, 3.05) is 20.4 Å². The number of aliphatic imine (C=N–C) groups is 1. The molecule has 9 heteroatoms. The Bertz CT molecular complexity index is 905. The molecule has 1 aromatic heterocycles. The summed E-state index contributed by atoms with van der Waals surface area (Å²) < 4.78 is 24.9. The van der Waals surface area contributed by atoms with Gasteiger partial charge in [-0.1, -0.05) is 26.0 Å². The number of guanidine groups is 1. The maximum atomic E-state index is 11.5. The van der Waals surface area contributed by atoms with Crippen LogP contribution in [0.2, 0.25) is 0 Å². The van der Waals surface area contributed by atoms with E-state index < -0.39 is 9.84 Å². The van der Waals surface area contributed by atoms with E-state index >= 15 is 0 Å². The largest absolute Gasteiger partial charge is 0.352 e. The van der Waals surface area contributed by atoms with Gasteiger partial charge in [-0.2, -0.15) is 5.10 Å². The minimum atomic E-state index is -3.17. The van der Waals surface area contributed by atoms with Gasteiger partial charge in [-0.05, 0) is 23.6 Å². The van der Waals surface area contributed by atoms with Crippen LogP contribution >= 0.6 is 24.0 Å². The van der Waals surface area contributed by atoms with Crippen LogP contribution in [0, 0.1) is 0 Å². The molecule has 0 atom stereocenters. The minimum absolute atomic E-state index is 0. The van der Waals surface area contributed by atoms with Gasteiger partial charge in [0.2, 0.25) is 0 Å². The molecule has 28 heavy (non-hydrogen) atoms. The maximum absolute atomic E-state index is 11.5. The third-order valence-corrected chi connectivity index (χ3v) is 5.40. The van der Waals surface area contributed by atoms with E-state index in [0.29, 0.717) is 23.9 Å². The number of halogens is 1. The number of aromatic nitrogens is 2. The molecule has 1 heterocycles. The highest BCUT2D eigenvalue weighted by atomic mass is 127. The zero-order valence-corrected chi connectivity index (χ0v) is 20.4. The monoisotopic (exact) mass is 519 g/mol. The fraction of sp³-hybridized carbons (Fsp3) is 0.474. The quantitative estimate of drug-likeness (QED) is 0.361. The smallest absolute Gasteiger partial charge is 0.193 e. The van der Waals surface area contributed by atoms with E-state index in [2.05, 4.69) is 29.3 Å². The van der Waals surface area contributed by atoms with Crippen LogP contribution in [0.3, 0.4) is 0 Å². The van der Waals surface area contributed by atoms with Gasteiger partial charge in [0.25, 0.3) is 0 Å². The Balaban J connectivity index is 0.00000392. The number of nitrogens with one attached hydrogen (secondary N) is 1. The summed E-state index contributed by atoms with van der Waals surface area (Å²) >= 11 is 0. The average Bonchev–Trinajstić information content (AvgIpc) is 2.95. The van der Waals surface area contributed by atoms with E-state index in [1.807, 2.05) is 42.0 Å². The molecule has 1 N–H and O–H groups in total. The van der Waals surface area contributed by atoms with Crippen LogP contribution in [0.5, 0.6) is 0 Å². The zero-order chi connectivity index (χ0) is 20.2. The number of nitrogens with zero attached hydrogens (tertiary/aromatic N) is 4. The maximum Gasteiger partial charge on any atom is 0.193 e. The lowest BCUT2D eigenvalue weighted by Crippen LogP contribution is -2.38. The second-order valence-corrected chi connectivity index (χ2v) is 9.06. The Morgan fingerprint density at radius 1 is 1.29 bits per heavy atom. The van der Waals surface area contributed by atoms with Gasteiger partial charge in [-0.15, -0.1) is 24.0 Å². The molecule has 2 aromatic rings. The van der Waals surface area contributed by atoms with E-state index in [1.165, 1.54) is 11.8 Å². The van der Waals surface area contributed by atoms with Gasteiger partial charge in [0, 0.05) is 52.2 Å². The second-order valence-electron chi connectivity index (χ2n) is 7.04. The normalized spacial score (nSPS) is 12.0. The Kier molecular flexibility index (Phi) is 8.93. The van der Waals surface area contributed by atoms with Crippen molar-refractivity contribution in [3.63, 3.8) is 0 Å². The van der Waals surface area contributed by atoms with Gasteiger partial charge < -0.3 is 10.2 Å². The van der Waals surface area contributed by atoms with Gasteiger partial charge in [-0.25, -0.2) is 8.42 Å². The molecule has 2 rings (SSSR count). The first-order valence-corrected chi connectivity index (χ1v) is 10.7. The van der Waals surface area contributed by atoms with Crippen LogP contribution in [-0.4, -0.2) is 49.4 Å². The number of benzene rings is 1. The first-order valence-electron chi connectivity index (χ1n) is 8.85. The van der Waals surface area contributed by atoms with Gasteiger partial charge >= 0.3 is 0 Å². The highest BCUT2D eigenvalue weighted by Gasteiger charge is 2.15. The Hall–Kier alpha value is -1.62. The van der Waals surface area contributed by atoms with Crippen LogP contribution in [0.1, 0.15) is 36.6 Å². The van der Waals surface area contributed by atoms with Crippen molar-refractivity contribution in [3.8, 4) is 0 Å². The molecule has 7 nitrogen and oxygen atoms in total. The van der Waals surface area contributed by atoms with Crippen molar-refractivity contribution >= 4 is 39.8 Å². The third kappa shape index (κ3) is 6.47. The molecule has 0 aliphatic rings. The van der Waals surface area contributed by atoms with Gasteiger partial charge in [-0.3, -0.25) is 9.67 Å². The predicted octanol–water partition coefficient (Wildman–Crippen LogP) is 2.77. The molecular weight excluding hydrogens is 489 g/mol. The molecule has 0 spiro atoms. The molecule has 0 aliphatic carbocycles. The zero-order valence-electron chi connectivity index (χ0n) is 17.3. The fourth-order valence-electron chi connectivity index (χ4n) is 2.91. The number of aryl methyl sites for hydroxylation is 1. The summed E-state index contributed by atoms with van der Waals surface area (Å²) in [5.74, 6) is 1.12. The first kappa shape index (κ1) is 24.4. The third-order valence-electron chi connectivity index (χ3n) is 4.27. The number of hydrogen-bond donors (Lipinski definition) is 1. The topological polar surface area (TPSA) is 79.6 Å². The first-order chi connectivity index (χ1) is 12.6. The summed E-state index contributed by atoms with van der Waals surface area (Å²) in [6.45, 7) is 5.54. The van der Waals surface area contributed by atoms with E-state index in [4.69, 9.17) is 0 Å². The Labute approximate surface area is 185 Å². The molecule has 0 fully saturated rings. The molecule has 0 amide bonds. The van der Waals surface area contributed by atoms with Crippen LogP contribution in [0.25, 0.3) is 0 Å². The molecule has 0 aliphatic heterocycles. The molecule has 156 valence electrons. The van der Waals surface area contributed by atoms with E-state index in [0.717, 1.165) is 17.2 Å². The summed E-state index contributed by atoms with van der Waals surface area (Å²) in [6, 6.07) is 6.88. The second kappa shape index (κ2) is 10.2. The van der Waals surface area contributed by atoms with Crippen LogP contribution in [-0.2, 0) is 30.0 Å². The van der Waals surface area contributed by atoms with Crippen LogP contribution < -0.4 is 5.32 Å². The van der Waals surface area contributed by atoms with E-state index in [9.17, 15) is 8.42 Å². The van der Waals surface area contributed by atoms with Crippen LogP contribution in [0.15, 0.2) is 40.4 Å². The summed E-state index contributed by atoms with van der Waals surface area (Å²) in [7, 11) is 2.49. The number of hydrogen-bond acceptors (Lipinski definition) is 4. The lowest BCUT2D eigenvalue weighted by Gasteiger charge is -2.22. The number of rotatable bonds is 6. The lowest BCUT2D eigenvalue weighted by atomic mass is 10.1. The summed E-state index contributed by atoms with van der Waals surface area (Å²) in [6.07, 6.45) is 3.25. The average molecular weight is 519 g/mol. The van der Waals surface area contributed by atoms with Crippen LogP contribution in [0.4, 0.5) is 0 Å². The standard InChI is InChI=1S/C19H29N5O2S.HI/c1-14(2)18-16(13-24(5)22-18)12-23(4)19(20-3)21-11-15-7-9-17(10-8-15)27(6,25)26;/h7-10,13-14H,11-12H2,1-6H3,(H,20,21);1H. The summed E-state index contributed by atoms with van der Waals surface area (Å²) in [5, 5.41) is 7.87.